The number of rotatable bonds is 3. The summed E-state index contributed by atoms with van der Waals surface area (Å²) in [6.07, 6.45) is -1.32. The highest BCUT2D eigenvalue weighted by molar-refractivity contribution is 6.30. The summed E-state index contributed by atoms with van der Waals surface area (Å²) in [6, 6.07) is 4.41. The second kappa shape index (κ2) is 5.00. The zero-order valence-corrected chi connectivity index (χ0v) is 8.86. The monoisotopic (exact) mass is 230 g/mol. The number of ether oxygens (including phenoxy) is 1. The molecule has 15 heavy (non-hydrogen) atoms. The Hall–Kier alpha value is -1.26. The zero-order chi connectivity index (χ0) is 11.4. The van der Waals surface area contributed by atoms with E-state index in [1.807, 2.05) is 0 Å². The lowest BCUT2D eigenvalue weighted by molar-refractivity contribution is -0.150. The third kappa shape index (κ3) is 3.11. The van der Waals surface area contributed by atoms with Crippen LogP contribution in [-0.2, 0) is 16.0 Å². The van der Waals surface area contributed by atoms with Crippen LogP contribution in [0.5, 0.6) is 5.75 Å². The summed E-state index contributed by atoms with van der Waals surface area (Å²) in [5.41, 5.74) is 0.403. The van der Waals surface area contributed by atoms with Crippen LogP contribution in [0.2, 0.25) is 5.02 Å². The molecule has 4 nitrogen and oxygen atoms in total. The number of phenolic OH excluding ortho intramolecular Hbond substituents is 1. The minimum absolute atomic E-state index is 0.0117. The van der Waals surface area contributed by atoms with Gasteiger partial charge in [-0.1, -0.05) is 11.6 Å². The molecule has 2 N–H and O–H groups in total. The number of carbonyl (C=O) groups is 1. The van der Waals surface area contributed by atoms with Crippen LogP contribution in [0.25, 0.3) is 0 Å². The Balaban J connectivity index is 2.80. The average molecular weight is 231 g/mol. The lowest BCUT2D eigenvalue weighted by atomic mass is 10.1. The quantitative estimate of drug-likeness (QED) is 0.764. The topological polar surface area (TPSA) is 66.8 Å². The number of hydrogen-bond acceptors (Lipinski definition) is 4. The van der Waals surface area contributed by atoms with Gasteiger partial charge in [-0.3, -0.25) is 0 Å². The molecule has 0 aliphatic heterocycles. The van der Waals surface area contributed by atoms with Crippen molar-refractivity contribution in [1.82, 2.24) is 0 Å². The second-order valence-corrected chi connectivity index (χ2v) is 3.45. The van der Waals surface area contributed by atoms with Crippen LogP contribution >= 0.6 is 11.6 Å². The Kier molecular flexibility index (Phi) is 3.94. The standard InChI is InChI=1S/C10H11ClO4/c1-15-10(14)9(13)5-6-4-7(11)2-3-8(6)12/h2-4,9,12-13H,5H2,1H3. The summed E-state index contributed by atoms with van der Waals surface area (Å²) < 4.78 is 4.35. The van der Waals surface area contributed by atoms with E-state index in [-0.39, 0.29) is 12.2 Å². The molecule has 0 radical (unpaired) electrons. The smallest absolute Gasteiger partial charge is 0.335 e. The molecule has 0 spiro atoms. The highest BCUT2D eigenvalue weighted by atomic mass is 35.5. The van der Waals surface area contributed by atoms with Crippen molar-refractivity contribution < 1.29 is 19.7 Å². The van der Waals surface area contributed by atoms with Gasteiger partial charge in [0.25, 0.3) is 0 Å². The average Bonchev–Trinajstić information content (AvgIpc) is 2.22. The van der Waals surface area contributed by atoms with E-state index in [4.69, 9.17) is 11.6 Å². The minimum atomic E-state index is -1.29. The molecule has 0 saturated heterocycles. The molecule has 0 aliphatic rings. The first-order valence-electron chi connectivity index (χ1n) is 4.28. The van der Waals surface area contributed by atoms with Gasteiger partial charge in [0.1, 0.15) is 5.75 Å². The number of aliphatic hydroxyl groups is 1. The largest absolute Gasteiger partial charge is 0.508 e. The third-order valence-corrected chi connectivity index (χ3v) is 2.16. The van der Waals surface area contributed by atoms with Gasteiger partial charge in [-0.2, -0.15) is 0 Å². The summed E-state index contributed by atoms with van der Waals surface area (Å²) >= 11 is 5.70. The van der Waals surface area contributed by atoms with Gasteiger partial charge in [-0.05, 0) is 23.8 Å². The number of benzene rings is 1. The molecule has 0 bridgehead atoms. The summed E-state index contributed by atoms with van der Waals surface area (Å²) in [5.74, 6) is -0.753. The van der Waals surface area contributed by atoms with E-state index in [0.29, 0.717) is 10.6 Å². The van der Waals surface area contributed by atoms with E-state index in [0.717, 1.165) is 0 Å². The molecule has 82 valence electrons. The number of carbonyl (C=O) groups excluding carboxylic acids is 1. The van der Waals surface area contributed by atoms with Gasteiger partial charge in [0.15, 0.2) is 6.10 Å². The molecule has 0 fully saturated rings. The van der Waals surface area contributed by atoms with Gasteiger partial charge in [-0.15, -0.1) is 0 Å². The Morgan fingerprint density at radius 1 is 1.60 bits per heavy atom. The highest BCUT2D eigenvalue weighted by Gasteiger charge is 2.17. The molecule has 5 heteroatoms. The van der Waals surface area contributed by atoms with Gasteiger partial charge < -0.3 is 14.9 Å². The van der Waals surface area contributed by atoms with Crippen molar-refractivity contribution in [3.05, 3.63) is 28.8 Å². The van der Waals surface area contributed by atoms with E-state index < -0.39 is 12.1 Å². The van der Waals surface area contributed by atoms with Crippen LogP contribution in [0.1, 0.15) is 5.56 Å². The SMILES string of the molecule is COC(=O)C(O)Cc1cc(Cl)ccc1O. The molecule has 0 saturated carbocycles. The number of hydrogen-bond donors (Lipinski definition) is 2. The maximum absolute atomic E-state index is 10.9. The first-order chi connectivity index (χ1) is 7.04. The molecule has 1 aromatic carbocycles. The van der Waals surface area contributed by atoms with Crippen LogP contribution in [0.3, 0.4) is 0 Å². The van der Waals surface area contributed by atoms with E-state index in [2.05, 4.69) is 4.74 Å². The predicted octanol–water partition coefficient (Wildman–Crippen LogP) is 1.12. The van der Waals surface area contributed by atoms with E-state index in [1.54, 1.807) is 0 Å². The van der Waals surface area contributed by atoms with Crippen molar-refractivity contribution >= 4 is 17.6 Å². The van der Waals surface area contributed by atoms with Gasteiger partial charge >= 0.3 is 5.97 Å². The maximum Gasteiger partial charge on any atom is 0.335 e. The molecule has 1 unspecified atom stereocenters. The lowest BCUT2D eigenvalue weighted by Gasteiger charge is -2.09. The Morgan fingerprint density at radius 3 is 2.87 bits per heavy atom. The highest BCUT2D eigenvalue weighted by Crippen LogP contribution is 2.22. The van der Waals surface area contributed by atoms with Crippen LogP contribution in [-0.4, -0.2) is 29.4 Å². The van der Waals surface area contributed by atoms with E-state index >= 15 is 0 Å². The predicted molar refractivity (Wildman–Crippen MR) is 54.8 cm³/mol. The van der Waals surface area contributed by atoms with Crippen molar-refractivity contribution in [1.29, 1.82) is 0 Å². The number of halogens is 1. The Morgan fingerprint density at radius 2 is 2.27 bits per heavy atom. The molecular weight excluding hydrogens is 220 g/mol. The molecule has 1 aromatic rings. The summed E-state index contributed by atoms with van der Waals surface area (Å²) in [7, 11) is 1.18. The Labute approximate surface area is 92.1 Å². The zero-order valence-electron chi connectivity index (χ0n) is 8.11. The third-order valence-electron chi connectivity index (χ3n) is 1.93. The van der Waals surface area contributed by atoms with Gasteiger partial charge in [-0.25, -0.2) is 4.79 Å². The van der Waals surface area contributed by atoms with E-state index in [9.17, 15) is 15.0 Å². The number of phenols is 1. The van der Waals surface area contributed by atoms with E-state index in [1.165, 1.54) is 25.3 Å². The molecule has 1 atom stereocenters. The fourth-order valence-electron chi connectivity index (χ4n) is 1.15. The van der Waals surface area contributed by atoms with Crippen LogP contribution in [0.15, 0.2) is 18.2 Å². The fraction of sp³-hybridized carbons (Fsp3) is 0.300. The minimum Gasteiger partial charge on any atom is -0.508 e. The number of aromatic hydroxyl groups is 1. The molecule has 0 amide bonds. The molecule has 1 rings (SSSR count). The van der Waals surface area contributed by atoms with Crippen LogP contribution in [0, 0.1) is 0 Å². The second-order valence-electron chi connectivity index (χ2n) is 3.02. The van der Waals surface area contributed by atoms with Gasteiger partial charge in [0, 0.05) is 11.4 Å². The van der Waals surface area contributed by atoms with Crippen molar-refractivity contribution in [3.63, 3.8) is 0 Å². The molecule has 0 aliphatic carbocycles. The normalized spacial score (nSPS) is 12.2. The first kappa shape index (κ1) is 11.8. The summed E-state index contributed by atoms with van der Waals surface area (Å²) in [6.45, 7) is 0. The molecule has 0 heterocycles. The van der Waals surface area contributed by atoms with Crippen LogP contribution in [0.4, 0.5) is 0 Å². The fourth-order valence-corrected chi connectivity index (χ4v) is 1.34. The Bertz CT molecular complexity index is 364. The first-order valence-corrected chi connectivity index (χ1v) is 4.65. The summed E-state index contributed by atoms with van der Waals surface area (Å²) in [5, 5.41) is 19.2. The van der Waals surface area contributed by atoms with Crippen LogP contribution < -0.4 is 0 Å². The lowest BCUT2D eigenvalue weighted by Crippen LogP contribution is -2.24. The van der Waals surface area contributed by atoms with Crippen molar-refractivity contribution in [2.45, 2.75) is 12.5 Å². The number of methoxy groups -OCH3 is 1. The summed E-state index contributed by atoms with van der Waals surface area (Å²) in [4.78, 5) is 10.9. The number of aliphatic hydroxyl groups excluding tert-OH is 1. The number of esters is 1. The van der Waals surface area contributed by atoms with Crippen molar-refractivity contribution in [2.24, 2.45) is 0 Å². The van der Waals surface area contributed by atoms with Gasteiger partial charge in [0.05, 0.1) is 7.11 Å². The molecule has 0 aromatic heterocycles. The maximum atomic E-state index is 10.9. The van der Waals surface area contributed by atoms with Crippen molar-refractivity contribution in [2.75, 3.05) is 7.11 Å². The molecular formula is C10H11ClO4. The van der Waals surface area contributed by atoms with Crippen molar-refractivity contribution in [3.8, 4) is 5.75 Å². The van der Waals surface area contributed by atoms with Gasteiger partial charge in [0.2, 0.25) is 0 Å².